The molecule has 0 aromatic carbocycles. The van der Waals surface area contributed by atoms with Crippen LogP contribution in [-0.4, -0.2) is 27.6 Å². The quantitative estimate of drug-likeness (QED) is 0.619. The fraction of sp³-hybridized carbons (Fsp3) is 0.643. The SMILES string of the molecule is C=CCOC(=O)c1nnn(C2CCC(C)CC2)c1C. The van der Waals surface area contributed by atoms with E-state index in [1.165, 1.54) is 12.8 Å². The van der Waals surface area contributed by atoms with Crippen molar-refractivity contribution in [3.05, 3.63) is 24.0 Å². The first kappa shape index (κ1) is 13.8. The molecule has 1 aliphatic carbocycles. The van der Waals surface area contributed by atoms with Crippen LogP contribution in [0.25, 0.3) is 0 Å². The van der Waals surface area contributed by atoms with E-state index < -0.39 is 5.97 Å². The van der Waals surface area contributed by atoms with E-state index in [2.05, 4.69) is 23.8 Å². The largest absolute Gasteiger partial charge is 0.457 e. The summed E-state index contributed by atoms with van der Waals surface area (Å²) in [5.41, 5.74) is 1.12. The minimum absolute atomic E-state index is 0.200. The average Bonchev–Trinajstić information content (AvgIpc) is 2.79. The molecule has 5 heteroatoms. The molecule has 0 radical (unpaired) electrons. The van der Waals surface area contributed by atoms with E-state index in [1.807, 2.05) is 11.6 Å². The van der Waals surface area contributed by atoms with Crippen LogP contribution in [0.3, 0.4) is 0 Å². The van der Waals surface area contributed by atoms with E-state index in [1.54, 1.807) is 6.08 Å². The fourth-order valence-corrected chi connectivity index (χ4v) is 2.57. The van der Waals surface area contributed by atoms with Crippen LogP contribution in [-0.2, 0) is 4.74 Å². The third-order valence-corrected chi connectivity index (χ3v) is 3.78. The lowest BCUT2D eigenvalue weighted by Crippen LogP contribution is -2.19. The molecule has 0 atom stereocenters. The molecule has 0 bridgehead atoms. The van der Waals surface area contributed by atoms with Gasteiger partial charge in [0.15, 0.2) is 5.69 Å². The predicted octanol–water partition coefficient (Wildman–Crippen LogP) is 2.68. The van der Waals surface area contributed by atoms with Crippen LogP contribution in [0.2, 0.25) is 0 Å². The third kappa shape index (κ3) is 3.03. The van der Waals surface area contributed by atoms with Gasteiger partial charge >= 0.3 is 5.97 Å². The Morgan fingerprint density at radius 1 is 1.47 bits per heavy atom. The molecule has 0 spiro atoms. The van der Waals surface area contributed by atoms with E-state index in [0.717, 1.165) is 24.5 Å². The molecule has 0 saturated heterocycles. The molecule has 0 amide bonds. The van der Waals surface area contributed by atoms with Gasteiger partial charge in [0.2, 0.25) is 0 Å². The van der Waals surface area contributed by atoms with Crippen LogP contribution in [0, 0.1) is 12.8 Å². The highest BCUT2D eigenvalue weighted by Gasteiger charge is 2.25. The van der Waals surface area contributed by atoms with Crippen LogP contribution in [0.1, 0.15) is 54.8 Å². The lowest BCUT2D eigenvalue weighted by Gasteiger charge is -2.26. The summed E-state index contributed by atoms with van der Waals surface area (Å²) in [6.45, 7) is 7.87. The Kier molecular flexibility index (Phi) is 4.35. The second-order valence-electron chi connectivity index (χ2n) is 5.27. The van der Waals surface area contributed by atoms with Gasteiger partial charge in [-0.2, -0.15) is 0 Å². The van der Waals surface area contributed by atoms with Gasteiger partial charge in [-0.15, -0.1) is 5.10 Å². The Hall–Kier alpha value is -1.65. The summed E-state index contributed by atoms with van der Waals surface area (Å²) in [5, 5.41) is 8.10. The van der Waals surface area contributed by atoms with Gasteiger partial charge in [0.05, 0.1) is 11.7 Å². The first-order valence-corrected chi connectivity index (χ1v) is 6.83. The third-order valence-electron chi connectivity index (χ3n) is 3.78. The van der Waals surface area contributed by atoms with Crippen molar-refractivity contribution >= 4 is 5.97 Å². The highest BCUT2D eigenvalue weighted by Crippen LogP contribution is 2.32. The molecule has 1 aromatic rings. The average molecular weight is 263 g/mol. The Morgan fingerprint density at radius 3 is 2.79 bits per heavy atom. The monoisotopic (exact) mass is 263 g/mol. The maximum atomic E-state index is 11.8. The summed E-state index contributed by atoms with van der Waals surface area (Å²) in [7, 11) is 0. The van der Waals surface area contributed by atoms with E-state index in [9.17, 15) is 4.79 Å². The van der Waals surface area contributed by atoms with Crippen LogP contribution in [0.4, 0.5) is 0 Å². The lowest BCUT2D eigenvalue weighted by atomic mass is 9.87. The van der Waals surface area contributed by atoms with E-state index in [0.29, 0.717) is 11.7 Å². The number of hydrogen-bond donors (Lipinski definition) is 0. The van der Waals surface area contributed by atoms with Crippen LogP contribution < -0.4 is 0 Å². The van der Waals surface area contributed by atoms with Gasteiger partial charge in [-0.3, -0.25) is 0 Å². The summed E-state index contributed by atoms with van der Waals surface area (Å²) in [6, 6.07) is 0.365. The number of carbonyl (C=O) groups excluding carboxylic acids is 1. The summed E-state index contributed by atoms with van der Waals surface area (Å²) in [6.07, 6.45) is 6.17. The molecule has 5 nitrogen and oxygen atoms in total. The molecule has 2 rings (SSSR count). The molecule has 0 N–H and O–H groups in total. The van der Waals surface area contributed by atoms with Gasteiger partial charge in [0.25, 0.3) is 0 Å². The lowest BCUT2D eigenvalue weighted by molar-refractivity contribution is 0.0542. The van der Waals surface area contributed by atoms with Gasteiger partial charge in [0, 0.05) is 0 Å². The van der Waals surface area contributed by atoms with E-state index >= 15 is 0 Å². The molecule has 1 aliphatic rings. The van der Waals surface area contributed by atoms with Crippen molar-refractivity contribution in [1.29, 1.82) is 0 Å². The Bertz CT molecular complexity index is 459. The smallest absolute Gasteiger partial charge is 0.361 e. The fourth-order valence-electron chi connectivity index (χ4n) is 2.57. The van der Waals surface area contributed by atoms with E-state index in [4.69, 9.17) is 4.74 Å². The first-order valence-electron chi connectivity index (χ1n) is 6.83. The second-order valence-corrected chi connectivity index (χ2v) is 5.27. The molecule has 0 aliphatic heterocycles. The second kappa shape index (κ2) is 5.99. The van der Waals surface area contributed by atoms with Crippen LogP contribution >= 0.6 is 0 Å². The van der Waals surface area contributed by atoms with Crippen molar-refractivity contribution in [2.75, 3.05) is 6.61 Å². The standard InChI is InChI=1S/C14H21N3O2/c1-4-9-19-14(18)13-11(3)17(16-15-13)12-7-5-10(2)6-8-12/h4,10,12H,1,5-9H2,2-3H3. The number of carbonyl (C=O) groups is 1. The summed E-state index contributed by atoms with van der Waals surface area (Å²) in [5.74, 6) is 0.366. The molecule has 104 valence electrons. The van der Waals surface area contributed by atoms with Crippen molar-refractivity contribution in [3.63, 3.8) is 0 Å². The highest BCUT2D eigenvalue weighted by atomic mass is 16.5. The van der Waals surface area contributed by atoms with Crippen molar-refractivity contribution in [2.45, 2.75) is 45.6 Å². The van der Waals surface area contributed by atoms with Crippen molar-refractivity contribution in [2.24, 2.45) is 5.92 Å². The number of rotatable bonds is 4. The topological polar surface area (TPSA) is 57.0 Å². The minimum atomic E-state index is -0.423. The number of hydrogen-bond acceptors (Lipinski definition) is 4. The zero-order chi connectivity index (χ0) is 13.8. The Balaban J connectivity index is 2.09. The summed E-state index contributed by atoms with van der Waals surface area (Å²) >= 11 is 0. The molecule has 1 aromatic heterocycles. The zero-order valence-corrected chi connectivity index (χ0v) is 11.6. The molecular weight excluding hydrogens is 242 g/mol. The molecule has 1 fully saturated rings. The molecular formula is C14H21N3O2. The maximum Gasteiger partial charge on any atom is 0.361 e. The Labute approximate surface area is 113 Å². The molecule has 19 heavy (non-hydrogen) atoms. The number of esters is 1. The van der Waals surface area contributed by atoms with Gasteiger partial charge < -0.3 is 4.74 Å². The van der Waals surface area contributed by atoms with E-state index in [-0.39, 0.29) is 6.61 Å². The summed E-state index contributed by atoms with van der Waals surface area (Å²) < 4.78 is 6.89. The molecule has 1 saturated carbocycles. The number of ether oxygens (including phenoxy) is 1. The molecule has 0 unspecified atom stereocenters. The predicted molar refractivity (Wildman–Crippen MR) is 71.9 cm³/mol. The van der Waals surface area contributed by atoms with Crippen LogP contribution in [0.5, 0.6) is 0 Å². The van der Waals surface area contributed by atoms with Crippen LogP contribution in [0.15, 0.2) is 12.7 Å². The van der Waals surface area contributed by atoms with Crippen molar-refractivity contribution in [3.8, 4) is 0 Å². The maximum absolute atomic E-state index is 11.8. The summed E-state index contributed by atoms with van der Waals surface area (Å²) in [4.78, 5) is 11.8. The van der Waals surface area contributed by atoms with Gasteiger partial charge in [-0.05, 0) is 38.5 Å². The normalized spacial score (nSPS) is 23.1. The van der Waals surface area contributed by atoms with Gasteiger partial charge in [-0.1, -0.05) is 24.8 Å². The molecule has 1 heterocycles. The van der Waals surface area contributed by atoms with Crippen molar-refractivity contribution < 1.29 is 9.53 Å². The van der Waals surface area contributed by atoms with Crippen molar-refractivity contribution in [1.82, 2.24) is 15.0 Å². The highest BCUT2D eigenvalue weighted by molar-refractivity contribution is 5.88. The van der Waals surface area contributed by atoms with Gasteiger partial charge in [-0.25, -0.2) is 9.48 Å². The number of aromatic nitrogens is 3. The minimum Gasteiger partial charge on any atom is -0.457 e. The number of nitrogens with zero attached hydrogens (tertiary/aromatic N) is 3. The van der Waals surface area contributed by atoms with Gasteiger partial charge in [0.1, 0.15) is 6.61 Å². The Morgan fingerprint density at radius 2 is 2.16 bits per heavy atom. The first-order chi connectivity index (χ1) is 9.13. The zero-order valence-electron chi connectivity index (χ0n) is 11.6.